The maximum Gasteiger partial charge on any atom is 0.324 e. The van der Waals surface area contributed by atoms with E-state index in [4.69, 9.17) is 9.84 Å². The summed E-state index contributed by atoms with van der Waals surface area (Å²) in [6.07, 6.45) is 8.07. The van der Waals surface area contributed by atoms with Crippen LogP contribution in [0, 0.1) is 12.8 Å². The van der Waals surface area contributed by atoms with Crippen molar-refractivity contribution < 1.29 is 14.3 Å². The summed E-state index contributed by atoms with van der Waals surface area (Å²) in [5.74, 6) is 1.68. The third-order valence-electron chi connectivity index (χ3n) is 7.15. The van der Waals surface area contributed by atoms with Crippen LogP contribution in [0.1, 0.15) is 44.4 Å². The van der Waals surface area contributed by atoms with E-state index >= 15 is 0 Å². The number of hydrogen-bond acceptors (Lipinski definition) is 8. The Bertz CT molecular complexity index is 1800. The number of benzene rings is 2. The van der Waals surface area contributed by atoms with E-state index in [1.54, 1.807) is 15.8 Å². The van der Waals surface area contributed by atoms with Gasteiger partial charge in [0.15, 0.2) is 5.13 Å². The zero-order valence-electron chi connectivity index (χ0n) is 25.4. The SMILES string of the molecule is Cc1cccc(-n2nc(CC(C)C)cc2NC(=O)Nc2cnc(Oc3ccc(-c4cnc(N5CCCCC5=O)s4)cc3)nc2)c1. The van der Waals surface area contributed by atoms with Gasteiger partial charge in [0, 0.05) is 25.2 Å². The highest BCUT2D eigenvalue weighted by Gasteiger charge is 2.22. The van der Waals surface area contributed by atoms with E-state index in [-0.39, 0.29) is 11.9 Å². The first-order valence-electron chi connectivity index (χ1n) is 14.9. The largest absolute Gasteiger partial charge is 0.424 e. The maximum absolute atomic E-state index is 12.9. The molecular weight excluding hydrogens is 588 g/mol. The van der Waals surface area contributed by atoms with Crippen molar-refractivity contribution in [1.82, 2.24) is 24.7 Å². The molecule has 1 saturated heterocycles. The van der Waals surface area contributed by atoms with Gasteiger partial charge in [0.05, 0.1) is 34.3 Å². The summed E-state index contributed by atoms with van der Waals surface area (Å²) in [4.78, 5) is 40.9. The number of ether oxygens (including phenoxy) is 1. The van der Waals surface area contributed by atoms with E-state index in [0.717, 1.165) is 58.3 Å². The molecule has 1 aliphatic heterocycles. The maximum atomic E-state index is 12.9. The fourth-order valence-electron chi connectivity index (χ4n) is 5.03. The van der Waals surface area contributed by atoms with Gasteiger partial charge in [-0.15, -0.1) is 0 Å². The highest BCUT2D eigenvalue weighted by Crippen LogP contribution is 2.34. The summed E-state index contributed by atoms with van der Waals surface area (Å²) in [7, 11) is 0. The molecule has 4 heterocycles. The van der Waals surface area contributed by atoms with Gasteiger partial charge in [-0.1, -0.05) is 37.3 Å². The normalized spacial score (nSPS) is 13.2. The molecule has 12 heteroatoms. The summed E-state index contributed by atoms with van der Waals surface area (Å²) >= 11 is 1.50. The Labute approximate surface area is 265 Å². The van der Waals surface area contributed by atoms with Crippen LogP contribution in [-0.2, 0) is 11.2 Å². The molecule has 2 N–H and O–H groups in total. The van der Waals surface area contributed by atoms with Gasteiger partial charge in [0.2, 0.25) is 5.91 Å². The lowest BCUT2D eigenvalue weighted by Crippen LogP contribution is -2.34. The molecule has 0 atom stereocenters. The molecule has 0 unspecified atom stereocenters. The molecule has 1 aliphatic rings. The zero-order valence-corrected chi connectivity index (χ0v) is 26.2. The van der Waals surface area contributed by atoms with Gasteiger partial charge in [-0.05, 0) is 79.6 Å². The summed E-state index contributed by atoms with van der Waals surface area (Å²) in [6, 6.07) is 17.1. The molecule has 0 bridgehead atoms. The third-order valence-corrected chi connectivity index (χ3v) is 8.22. The predicted octanol–water partition coefficient (Wildman–Crippen LogP) is 7.25. The zero-order chi connectivity index (χ0) is 31.3. The minimum Gasteiger partial charge on any atom is -0.424 e. The number of aromatic nitrogens is 5. The number of aryl methyl sites for hydroxylation is 1. The molecule has 3 aromatic heterocycles. The predicted molar refractivity (Wildman–Crippen MR) is 175 cm³/mol. The summed E-state index contributed by atoms with van der Waals surface area (Å²) in [6.45, 7) is 7.00. The second-order valence-corrected chi connectivity index (χ2v) is 12.3. The van der Waals surface area contributed by atoms with Gasteiger partial charge in [0.25, 0.3) is 0 Å². The van der Waals surface area contributed by atoms with Crippen molar-refractivity contribution in [3.63, 3.8) is 0 Å². The lowest BCUT2D eigenvalue weighted by Gasteiger charge is -2.23. The molecule has 0 aliphatic carbocycles. The van der Waals surface area contributed by atoms with Crippen molar-refractivity contribution in [1.29, 1.82) is 0 Å². The smallest absolute Gasteiger partial charge is 0.324 e. The molecule has 230 valence electrons. The fourth-order valence-corrected chi connectivity index (χ4v) is 5.99. The second-order valence-electron chi connectivity index (χ2n) is 11.3. The average Bonchev–Trinajstić information content (AvgIpc) is 3.66. The Morgan fingerprint density at radius 3 is 2.53 bits per heavy atom. The molecule has 45 heavy (non-hydrogen) atoms. The van der Waals surface area contributed by atoms with E-state index in [2.05, 4.69) is 39.4 Å². The molecule has 0 radical (unpaired) electrons. The van der Waals surface area contributed by atoms with Gasteiger partial charge >= 0.3 is 12.0 Å². The molecule has 11 nitrogen and oxygen atoms in total. The number of hydrogen-bond donors (Lipinski definition) is 2. The van der Waals surface area contributed by atoms with Crippen LogP contribution >= 0.6 is 11.3 Å². The molecular formula is C33H34N8O3S. The Hall–Kier alpha value is -5.10. The van der Waals surface area contributed by atoms with Crippen molar-refractivity contribution in [2.45, 2.75) is 46.5 Å². The number of carbonyl (C=O) groups is 2. The second kappa shape index (κ2) is 13.3. The molecule has 2 aromatic carbocycles. The van der Waals surface area contributed by atoms with Crippen LogP contribution in [0.4, 0.5) is 21.4 Å². The quantitative estimate of drug-likeness (QED) is 0.177. The van der Waals surface area contributed by atoms with Gasteiger partial charge in [-0.3, -0.25) is 15.0 Å². The van der Waals surface area contributed by atoms with Crippen LogP contribution in [-0.4, -0.2) is 43.2 Å². The van der Waals surface area contributed by atoms with E-state index in [1.165, 1.54) is 23.7 Å². The van der Waals surface area contributed by atoms with Gasteiger partial charge in [-0.2, -0.15) is 5.10 Å². The first kappa shape index (κ1) is 29.9. The third kappa shape index (κ3) is 7.35. The van der Waals surface area contributed by atoms with Gasteiger partial charge in [0.1, 0.15) is 11.6 Å². The molecule has 6 rings (SSSR count). The number of rotatable bonds is 9. The number of nitrogens with one attached hydrogen (secondary N) is 2. The van der Waals surface area contributed by atoms with Crippen molar-refractivity contribution >= 4 is 39.9 Å². The number of urea groups is 1. The molecule has 3 amide bonds. The standard InChI is InChI=1S/C33H34N8O3S/c1-21(2)15-24-17-29(41(39-24)26-8-6-7-22(3)16-26)38-31(43)37-25-18-34-32(35-19-25)44-27-12-10-23(11-13-27)28-20-36-33(45-28)40-14-5-4-9-30(40)42/h6-8,10-13,16-21H,4-5,9,14-15H2,1-3H3,(H2,37,38,43). The van der Waals surface area contributed by atoms with Gasteiger partial charge in [-0.25, -0.2) is 24.4 Å². The summed E-state index contributed by atoms with van der Waals surface area (Å²) in [5, 5.41) is 11.2. The van der Waals surface area contributed by atoms with Gasteiger partial charge < -0.3 is 10.1 Å². The van der Waals surface area contributed by atoms with Crippen LogP contribution in [0.25, 0.3) is 16.1 Å². The van der Waals surface area contributed by atoms with E-state index < -0.39 is 6.03 Å². The van der Waals surface area contributed by atoms with E-state index in [9.17, 15) is 9.59 Å². The van der Waals surface area contributed by atoms with E-state index in [0.29, 0.717) is 29.6 Å². The highest BCUT2D eigenvalue weighted by molar-refractivity contribution is 7.19. The fraction of sp³-hybridized carbons (Fsp3) is 0.273. The Morgan fingerprint density at radius 1 is 1.00 bits per heavy atom. The Morgan fingerprint density at radius 2 is 1.80 bits per heavy atom. The summed E-state index contributed by atoms with van der Waals surface area (Å²) in [5.41, 5.74) is 4.24. The van der Waals surface area contributed by atoms with E-state index in [1.807, 2.05) is 61.5 Å². The number of nitrogens with zero attached hydrogens (tertiary/aromatic N) is 6. The number of amides is 3. The molecule has 0 saturated carbocycles. The van der Waals surface area contributed by atoms with Crippen molar-refractivity contribution in [2.75, 3.05) is 22.1 Å². The summed E-state index contributed by atoms with van der Waals surface area (Å²) < 4.78 is 7.56. The van der Waals surface area contributed by atoms with Crippen LogP contribution in [0.3, 0.4) is 0 Å². The van der Waals surface area contributed by atoms with Crippen molar-refractivity contribution in [3.05, 3.63) is 84.4 Å². The molecule has 1 fully saturated rings. The Kier molecular flexibility index (Phi) is 8.83. The van der Waals surface area contributed by atoms with Crippen LogP contribution in [0.5, 0.6) is 11.8 Å². The average molecular weight is 623 g/mol. The molecule has 5 aromatic rings. The number of thiazole rings is 1. The number of anilines is 3. The number of piperidine rings is 1. The lowest BCUT2D eigenvalue weighted by atomic mass is 10.1. The minimum atomic E-state index is -0.441. The van der Waals surface area contributed by atoms with Crippen LogP contribution in [0.15, 0.2) is 73.2 Å². The highest BCUT2D eigenvalue weighted by atomic mass is 32.1. The van der Waals surface area contributed by atoms with Crippen LogP contribution < -0.4 is 20.3 Å². The van der Waals surface area contributed by atoms with Crippen molar-refractivity contribution in [2.24, 2.45) is 5.92 Å². The number of carbonyl (C=O) groups excluding carboxylic acids is 2. The Balaban J connectivity index is 1.07. The first-order chi connectivity index (χ1) is 21.8. The minimum absolute atomic E-state index is 0.133. The first-order valence-corrected chi connectivity index (χ1v) is 15.7. The van der Waals surface area contributed by atoms with Crippen molar-refractivity contribution in [3.8, 4) is 27.9 Å². The topological polar surface area (TPSA) is 127 Å². The lowest BCUT2D eigenvalue weighted by molar-refractivity contribution is -0.119. The van der Waals surface area contributed by atoms with Crippen LogP contribution in [0.2, 0.25) is 0 Å². The monoisotopic (exact) mass is 622 g/mol. The molecule has 0 spiro atoms.